The SMILES string of the molecule is [2H][CH2-].[CH2-]CN([CH2-])C[CH2-].[W+2].[Y].[Y].[Y].[Y]. The Morgan fingerprint density at radius 3 is 1.17 bits per heavy atom. The van der Waals surface area contributed by atoms with E-state index in [9.17, 15) is 0 Å². The molecule has 0 aliphatic rings. The van der Waals surface area contributed by atoms with E-state index in [1.165, 1.54) is 0 Å². The zero-order valence-corrected chi connectivity index (χ0v) is 21.7. The van der Waals surface area contributed by atoms with Gasteiger partial charge in [0.1, 0.15) is 0 Å². The maximum absolute atomic E-state index is 5.50. The molecule has 0 aromatic carbocycles. The molecule has 0 bridgehead atoms. The molecule has 0 spiro atoms. The molecule has 0 aromatic rings. The van der Waals surface area contributed by atoms with Crippen LogP contribution in [0.15, 0.2) is 0 Å². The van der Waals surface area contributed by atoms with Crippen LogP contribution < -0.4 is 0 Å². The predicted octanol–water partition coefficient (Wildman–Crippen LogP) is 1.19. The molecule has 0 saturated heterocycles. The summed E-state index contributed by atoms with van der Waals surface area (Å²) in [5.41, 5.74) is 0. The molecular formula is C6H13NWY4-2. The van der Waals surface area contributed by atoms with Crippen LogP contribution in [0.5, 0.6) is 0 Å². The minimum Gasteiger partial charge on any atom is -0.510 e. The van der Waals surface area contributed by atoms with E-state index in [1.54, 1.807) is 4.90 Å². The summed E-state index contributed by atoms with van der Waals surface area (Å²) < 4.78 is 5.50. The van der Waals surface area contributed by atoms with Gasteiger partial charge in [-0.3, -0.25) is 7.05 Å². The summed E-state index contributed by atoms with van der Waals surface area (Å²) in [6.45, 7) is 8.64. The van der Waals surface area contributed by atoms with Gasteiger partial charge in [-0.15, -0.1) is 0 Å². The molecule has 62 valence electrons. The van der Waals surface area contributed by atoms with Crippen LogP contribution in [0, 0.1) is 28.3 Å². The summed E-state index contributed by atoms with van der Waals surface area (Å²) in [5.74, 6) is 0. The molecule has 0 aliphatic heterocycles. The van der Waals surface area contributed by atoms with E-state index in [4.69, 9.17) is 1.37 Å². The average molecular weight is 640 g/mol. The third kappa shape index (κ3) is 36.3. The maximum Gasteiger partial charge on any atom is 2.00 e. The van der Waals surface area contributed by atoms with Crippen molar-refractivity contribution < 1.29 is 153 Å². The smallest absolute Gasteiger partial charge is 0.510 e. The monoisotopic (exact) mass is 640 g/mol. The van der Waals surface area contributed by atoms with Crippen molar-refractivity contribution in [3.05, 3.63) is 28.3 Å². The normalized spacial score (nSPS) is 5.58. The van der Waals surface area contributed by atoms with E-state index in [1.807, 2.05) is 0 Å². The van der Waals surface area contributed by atoms with Crippen molar-refractivity contribution in [2.45, 2.75) is 0 Å². The second-order valence-electron chi connectivity index (χ2n) is 1.12. The van der Waals surface area contributed by atoms with Crippen molar-refractivity contribution >= 4 is 0 Å². The van der Waals surface area contributed by atoms with Gasteiger partial charge in [0.15, 0.2) is 0 Å². The first-order chi connectivity index (χ1) is 3.81. The van der Waals surface area contributed by atoms with Crippen molar-refractivity contribution in [1.82, 2.24) is 4.90 Å². The van der Waals surface area contributed by atoms with Gasteiger partial charge in [-0.25, -0.2) is 1.37 Å². The van der Waals surface area contributed by atoms with Crippen molar-refractivity contribution in [3.63, 3.8) is 0 Å². The minimum atomic E-state index is 0. The molecule has 0 saturated carbocycles. The van der Waals surface area contributed by atoms with Crippen LogP contribution in [0.1, 0.15) is 1.37 Å². The Bertz CT molecular complexity index is 43.8. The van der Waals surface area contributed by atoms with Crippen molar-refractivity contribution in [2.75, 3.05) is 13.1 Å². The largest absolute Gasteiger partial charge is 2.00 e. The summed E-state index contributed by atoms with van der Waals surface area (Å²) in [7, 11) is 6.08. The molecule has 0 amide bonds. The Morgan fingerprint density at radius 1 is 1.00 bits per heavy atom. The van der Waals surface area contributed by atoms with Gasteiger partial charge in [-0.05, 0) is 0 Å². The second kappa shape index (κ2) is 36.0. The quantitative estimate of drug-likeness (QED) is 0.411. The van der Waals surface area contributed by atoms with Gasteiger partial charge in [0, 0.05) is 131 Å². The Kier molecular flexibility index (Phi) is 108. The van der Waals surface area contributed by atoms with Gasteiger partial charge in [0.2, 0.25) is 0 Å². The molecule has 12 heavy (non-hydrogen) atoms. The zero-order chi connectivity index (χ0) is 6.99. The molecule has 0 unspecified atom stereocenters. The Hall–Kier alpha value is 5.06. The zero-order valence-electron chi connectivity index (χ0n) is 8.41. The fourth-order valence-electron chi connectivity index (χ4n) is 0.112. The van der Waals surface area contributed by atoms with Gasteiger partial charge in [0.25, 0.3) is 0 Å². The third-order valence-corrected chi connectivity index (χ3v) is 0.632. The van der Waals surface area contributed by atoms with Gasteiger partial charge in [0.05, 0.1) is 0 Å². The van der Waals surface area contributed by atoms with E-state index >= 15 is 0 Å². The first-order valence-electron chi connectivity index (χ1n) is 2.66. The molecule has 0 N–H and O–H groups in total. The van der Waals surface area contributed by atoms with Gasteiger partial charge in [-0.1, -0.05) is 0 Å². The molecule has 6 heteroatoms. The third-order valence-electron chi connectivity index (χ3n) is 0.632. The van der Waals surface area contributed by atoms with Crippen LogP contribution in [0.4, 0.5) is 0 Å². The summed E-state index contributed by atoms with van der Waals surface area (Å²) in [6, 6.07) is 0. The second-order valence-corrected chi connectivity index (χ2v) is 1.12. The molecule has 4 radical (unpaired) electrons. The number of nitrogens with zero attached hydrogens (tertiary/aromatic N) is 1. The molecule has 0 fully saturated rings. The molecule has 1 nitrogen and oxygen atoms in total. The van der Waals surface area contributed by atoms with E-state index in [0.717, 1.165) is 13.1 Å². The number of hydrogen-bond acceptors (Lipinski definition) is 1. The van der Waals surface area contributed by atoms with Gasteiger partial charge >= 0.3 is 21.1 Å². The standard InChI is InChI=1S/C5H10N.CH3.W.4Y/c1-4-6(3)5-2;;;;;;/h1-5H2;1H3;;;;;/q-3;-1;+2;;;;/i;1D;;;;;. The van der Waals surface area contributed by atoms with Gasteiger partial charge < -0.3 is 26.2 Å². The molecular weight excluding hydrogens is 626 g/mol. The van der Waals surface area contributed by atoms with E-state index < -0.39 is 0 Å². The Balaban J connectivity index is -0.00000000966. The topological polar surface area (TPSA) is 3.24 Å². The van der Waals surface area contributed by atoms with Crippen molar-refractivity contribution in [1.29, 1.82) is 0 Å². The summed E-state index contributed by atoms with van der Waals surface area (Å²) in [4.78, 5) is 1.78. The fourth-order valence-corrected chi connectivity index (χ4v) is 0.112. The molecule has 0 heterocycles. The van der Waals surface area contributed by atoms with Crippen molar-refractivity contribution in [2.24, 2.45) is 0 Å². The van der Waals surface area contributed by atoms with Crippen LogP contribution in [0.25, 0.3) is 0 Å². The van der Waals surface area contributed by atoms with Crippen LogP contribution in [-0.2, 0) is 152 Å². The summed E-state index contributed by atoms with van der Waals surface area (Å²) >= 11 is 0. The number of rotatable bonds is 2. The predicted molar refractivity (Wildman–Crippen MR) is 34.1 cm³/mol. The first kappa shape index (κ1) is 36.0. The maximum atomic E-state index is 5.50. The molecule has 0 rings (SSSR count). The van der Waals surface area contributed by atoms with E-state index in [0.29, 0.717) is 0 Å². The Labute approximate surface area is 195 Å². The number of hydrogen-bond donors (Lipinski definition) is 0. The molecule has 0 atom stereocenters. The Morgan fingerprint density at radius 2 is 1.17 bits per heavy atom. The van der Waals surface area contributed by atoms with Crippen molar-refractivity contribution in [3.8, 4) is 0 Å². The average Bonchev–Trinajstić information content (AvgIpc) is 1.91. The van der Waals surface area contributed by atoms with Crippen LogP contribution in [-0.4, -0.2) is 18.0 Å². The van der Waals surface area contributed by atoms with Crippen LogP contribution in [0.2, 0.25) is 0 Å². The molecule has 0 aliphatic carbocycles. The van der Waals surface area contributed by atoms with Crippen LogP contribution >= 0.6 is 0 Å². The first-order valence-corrected chi connectivity index (χ1v) is 1.95. The summed E-state index contributed by atoms with van der Waals surface area (Å²) in [5, 5.41) is 0. The van der Waals surface area contributed by atoms with Crippen LogP contribution in [0.3, 0.4) is 0 Å². The van der Waals surface area contributed by atoms with Gasteiger partial charge in [-0.2, -0.15) is 13.1 Å². The van der Waals surface area contributed by atoms with E-state index in [-0.39, 0.29) is 152 Å². The summed E-state index contributed by atoms with van der Waals surface area (Å²) in [6.07, 6.45) is 0. The minimum absolute atomic E-state index is 0. The van der Waals surface area contributed by atoms with E-state index in [2.05, 4.69) is 28.3 Å². The molecule has 0 aromatic heterocycles. The fraction of sp³-hybridized carbons (Fsp3) is 0.333.